The van der Waals surface area contributed by atoms with Gasteiger partial charge in [-0.1, -0.05) is 13.0 Å². The first kappa shape index (κ1) is 14.5. The minimum Gasteiger partial charge on any atom is -0.478 e. The third-order valence-electron chi connectivity index (χ3n) is 2.87. The Kier molecular flexibility index (Phi) is 4.68. The summed E-state index contributed by atoms with van der Waals surface area (Å²) in [5.74, 6) is -0.675. The van der Waals surface area contributed by atoms with Crippen LogP contribution in [0.15, 0.2) is 35.1 Å². The lowest BCUT2D eigenvalue weighted by Gasteiger charge is -2.10. The van der Waals surface area contributed by atoms with Gasteiger partial charge >= 0.3 is 5.97 Å². The maximum Gasteiger partial charge on any atom is 0.339 e. The molecule has 6 heteroatoms. The Morgan fingerprint density at radius 3 is 2.95 bits per heavy atom. The summed E-state index contributed by atoms with van der Waals surface area (Å²) in [6.45, 7) is 2.50. The number of halogens is 1. The quantitative estimate of drug-likeness (QED) is 0.877. The molecule has 0 spiro atoms. The Bertz CT molecular complexity index is 632. The Hall–Kier alpha value is -1.95. The van der Waals surface area contributed by atoms with Gasteiger partial charge in [0.2, 0.25) is 0 Å². The molecular formula is C14H14BrN3O2. The third kappa shape index (κ3) is 3.33. The molecule has 2 rings (SSSR count). The molecule has 2 heterocycles. The monoisotopic (exact) mass is 335 g/mol. The van der Waals surface area contributed by atoms with E-state index in [0.29, 0.717) is 16.8 Å². The number of carbonyl (C=O) groups is 1. The van der Waals surface area contributed by atoms with Crippen molar-refractivity contribution in [3.05, 3.63) is 51.9 Å². The Morgan fingerprint density at radius 2 is 2.25 bits per heavy atom. The van der Waals surface area contributed by atoms with E-state index in [9.17, 15) is 9.90 Å². The lowest BCUT2D eigenvalue weighted by molar-refractivity contribution is 0.0697. The van der Waals surface area contributed by atoms with E-state index in [-0.39, 0.29) is 5.56 Å². The second kappa shape index (κ2) is 6.47. The number of rotatable bonds is 5. The fourth-order valence-electron chi connectivity index (χ4n) is 1.86. The number of aromatic nitrogens is 2. The molecule has 0 aliphatic carbocycles. The van der Waals surface area contributed by atoms with Crippen LogP contribution in [0.1, 0.15) is 28.5 Å². The van der Waals surface area contributed by atoms with Crippen molar-refractivity contribution in [1.29, 1.82) is 0 Å². The van der Waals surface area contributed by atoms with Crippen molar-refractivity contribution in [2.45, 2.75) is 19.9 Å². The van der Waals surface area contributed by atoms with Gasteiger partial charge in [-0.2, -0.15) is 0 Å². The van der Waals surface area contributed by atoms with Gasteiger partial charge in [0.15, 0.2) is 0 Å². The van der Waals surface area contributed by atoms with Crippen LogP contribution in [0.4, 0.5) is 5.82 Å². The van der Waals surface area contributed by atoms with Crippen LogP contribution in [0.25, 0.3) is 0 Å². The molecule has 0 aromatic carbocycles. The summed E-state index contributed by atoms with van der Waals surface area (Å²) in [5, 5.41) is 12.2. The molecule has 0 radical (unpaired) electrons. The molecule has 0 fully saturated rings. The zero-order valence-electron chi connectivity index (χ0n) is 10.9. The van der Waals surface area contributed by atoms with E-state index in [2.05, 4.69) is 38.1 Å². The van der Waals surface area contributed by atoms with Crippen LogP contribution < -0.4 is 5.32 Å². The van der Waals surface area contributed by atoms with Gasteiger partial charge in [-0.15, -0.1) is 0 Å². The highest BCUT2D eigenvalue weighted by molar-refractivity contribution is 9.10. The smallest absolute Gasteiger partial charge is 0.339 e. The molecule has 0 amide bonds. The van der Waals surface area contributed by atoms with Crippen LogP contribution in [0.5, 0.6) is 0 Å². The zero-order valence-corrected chi connectivity index (χ0v) is 12.5. The number of nitrogens with zero attached hydrogens (tertiary/aromatic N) is 2. The Labute approximate surface area is 125 Å². The number of anilines is 1. The largest absolute Gasteiger partial charge is 0.478 e. The van der Waals surface area contributed by atoms with Crippen molar-refractivity contribution in [2.24, 2.45) is 0 Å². The van der Waals surface area contributed by atoms with Crippen LogP contribution in [0.2, 0.25) is 0 Å². The molecule has 20 heavy (non-hydrogen) atoms. The van der Waals surface area contributed by atoms with Crippen LogP contribution in [0.3, 0.4) is 0 Å². The van der Waals surface area contributed by atoms with E-state index in [1.54, 1.807) is 12.4 Å². The molecule has 0 aliphatic heterocycles. The Balaban J connectivity index is 2.21. The molecule has 2 aromatic rings. The lowest BCUT2D eigenvalue weighted by Crippen LogP contribution is -2.10. The second-order valence-corrected chi connectivity index (χ2v) is 5.09. The van der Waals surface area contributed by atoms with Crippen LogP contribution in [-0.4, -0.2) is 21.0 Å². The molecular weight excluding hydrogens is 322 g/mol. The zero-order chi connectivity index (χ0) is 14.5. The van der Waals surface area contributed by atoms with Crippen molar-refractivity contribution >= 4 is 27.7 Å². The van der Waals surface area contributed by atoms with Crippen LogP contribution >= 0.6 is 15.9 Å². The fourth-order valence-corrected chi connectivity index (χ4v) is 2.19. The van der Waals surface area contributed by atoms with Crippen molar-refractivity contribution in [1.82, 2.24) is 9.97 Å². The molecule has 2 N–H and O–H groups in total. The number of hydrogen-bond donors (Lipinski definition) is 2. The first-order valence-electron chi connectivity index (χ1n) is 6.17. The summed E-state index contributed by atoms with van der Waals surface area (Å²) in [6, 6.07) is 5.43. The third-order valence-corrected chi connectivity index (χ3v) is 3.31. The second-order valence-electron chi connectivity index (χ2n) is 4.17. The number of pyridine rings is 2. The summed E-state index contributed by atoms with van der Waals surface area (Å²) in [7, 11) is 0. The van der Waals surface area contributed by atoms with Gasteiger partial charge in [0, 0.05) is 16.9 Å². The first-order valence-corrected chi connectivity index (χ1v) is 6.96. The molecule has 0 saturated heterocycles. The number of carboxylic acids is 1. The van der Waals surface area contributed by atoms with E-state index in [1.807, 2.05) is 12.1 Å². The number of aryl methyl sites for hydroxylation is 1. The van der Waals surface area contributed by atoms with Gasteiger partial charge in [0.1, 0.15) is 11.4 Å². The standard InChI is InChI=1S/C14H14BrN3O2/c1-2-9-4-3-5-16-12(9)8-18-13-11(14(19)20)6-10(15)7-17-13/h3-7H,2,8H2,1H3,(H,17,18)(H,19,20). The van der Waals surface area contributed by atoms with E-state index in [1.165, 1.54) is 6.07 Å². The van der Waals surface area contributed by atoms with Gasteiger partial charge in [-0.25, -0.2) is 9.78 Å². The van der Waals surface area contributed by atoms with Crippen molar-refractivity contribution < 1.29 is 9.90 Å². The summed E-state index contributed by atoms with van der Waals surface area (Å²) < 4.78 is 0.632. The lowest BCUT2D eigenvalue weighted by atomic mass is 10.1. The van der Waals surface area contributed by atoms with Gasteiger partial charge < -0.3 is 10.4 Å². The highest BCUT2D eigenvalue weighted by Gasteiger charge is 2.12. The number of hydrogen-bond acceptors (Lipinski definition) is 4. The average Bonchev–Trinajstić information content (AvgIpc) is 2.46. The molecule has 0 unspecified atom stereocenters. The van der Waals surface area contributed by atoms with Gasteiger partial charge in [-0.05, 0) is 40.0 Å². The van der Waals surface area contributed by atoms with Crippen molar-refractivity contribution in [2.75, 3.05) is 5.32 Å². The van der Waals surface area contributed by atoms with Crippen molar-refractivity contribution in [3.8, 4) is 0 Å². The molecule has 5 nitrogen and oxygen atoms in total. The maximum atomic E-state index is 11.2. The molecule has 2 aromatic heterocycles. The molecule has 104 valence electrons. The summed E-state index contributed by atoms with van der Waals surface area (Å²) >= 11 is 3.22. The first-order chi connectivity index (χ1) is 9.61. The van der Waals surface area contributed by atoms with E-state index in [0.717, 1.165) is 17.7 Å². The highest BCUT2D eigenvalue weighted by Crippen LogP contribution is 2.19. The summed E-state index contributed by atoms with van der Waals surface area (Å²) in [5.41, 5.74) is 2.17. The molecule has 0 bridgehead atoms. The van der Waals surface area contributed by atoms with Crippen molar-refractivity contribution in [3.63, 3.8) is 0 Å². The van der Waals surface area contributed by atoms with Gasteiger partial charge in [0.25, 0.3) is 0 Å². The molecule has 0 atom stereocenters. The SMILES string of the molecule is CCc1cccnc1CNc1ncc(Br)cc1C(=O)O. The number of aromatic carboxylic acids is 1. The maximum absolute atomic E-state index is 11.2. The van der Waals surface area contributed by atoms with Crippen LogP contribution in [-0.2, 0) is 13.0 Å². The predicted molar refractivity (Wildman–Crippen MR) is 79.8 cm³/mol. The minimum atomic E-state index is -1.02. The Morgan fingerprint density at radius 1 is 1.45 bits per heavy atom. The van der Waals surface area contributed by atoms with E-state index >= 15 is 0 Å². The minimum absolute atomic E-state index is 0.133. The van der Waals surface area contributed by atoms with E-state index < -0.39 is 5.97 Å². The normalized spacial score (nSPS) is 10.3. The van der Waals surface area contributed by atoms with Crippen LogP contribution in [0, 0.1) is 0 Å². The number of nitrogens with one attached hydrogen (secondary N) is 1. The highest BCUT2D eigenvalue weighted by atomic mass is 79.9. The van der Waals surface area contributed by atoms with E-state index in [4.69, 9.17) is 0 Å². The van der Waals surface area contributed by atoms with Gasteiger partial charge in [0.05, 0.1) is 12.2 Å². The average molecular weight is 336 g/mol. The molecule has 0 aliphatic rings. The predicted octanol–water partition coefficient (Wildman–Crippen LogP) is 3.11. The number of carboxylic acid groups (broad SMARTS) is 1. The fraction of sp³-hybridized carbons (Fsp3) is 0.214. The topological polar surface area (TPSA) is 75.1 Å². The van der Waals surface area contributed by atoms with Gasteiger partial charge in [-0.3, -0.25) is 4.98 Å². The summed E-state index contributed by atoms with van der Waals surface area (Å²) in [4.78, 5) is 19.6. The molecule has 0 saturated carbocycles. The summed E-state index contributed by atoms with van der Waals surface area (Å²) in [6.07, 6.45) is 4.17.